The van der Waals surface area contributed by atoms with Crippen LogP contribution in [0.3, 0.4) is 0 Å². The molecule has 0 heterocycles. The van der Waals surface area contributed by atoms with E-state index in [9.17, 15) is 13.6 Å². The lowest BCUT2D eigenvalue weighted by molar-refractivity contribution is 0.0691. The van der Waals surface area contributed by atoms with Gasteiger partial charge in [-0.05, 0) is 24.5 Å². The first-order chi connectivity index (χ1) is 7.50. The third-order valence-corrected chi connectivity index (χ3v) is 3.10. The largest absolute Gasteiger partial charge is 0.478 e. The van der Waals surface area contributed by atoms with Gasteiger partial charge in [0.1, 0.15) is 11.6 Å². The van der Waals surface area contributed by atoms with Crippen molar-refractivity contribution in [3.63, 3.8) is 0 Å². The Morgan fingerprint density at radius 2 is 2.00 bits per heavy atom. The lowest BCUT2D eigenvalue weighted by Crippen LogP contribution is -2.22. The van der Waals surface area contributed by atoms with Crippen LogP contribution in [0, 0.1) is 11.6 Å². The summed E-state index contributed by atoms with van der Waals surface area (Å²) in [5.41, 5.74) is 4.75. The first kappa shape index (κ1) is 11.0. The highest BCUT2D eigenvalue weighted by molar-refractivity contribution is 5.88. The van der Waals surface area contributed by atoms with Crippen molar-refractivity contribution >= 4 is 5.97 Å². The Labute approximate surface area is 90.9 Å². The van der Waals surface area contributed by atoms with Gasteiger partial charge in [-0.25, -0.2) is 13.6 Å². The quantitative estimate of drug-likeness (QED) is 0.825. The molecule has 1 aromatic carbocycles. The molecule has 1 aromatic rings. The number of hydrogen-bond donors (Lipinski definition) is 2. The summed E-state index contributed by atoms with van der Waals surface area (Å²) in [6.45, 7) is 0.245. The molecule has 0 atom stereocenters. The molecule has 1 aliphatic rings. The topological polar surface area (TPSA) is 63.3 Å². The molecule has 0 bridgehead atoms. The monoisotopic (exact) mass is 227 g/mol. The van der Waals surface area contributed by atoms with Crippen LogP contribution in [0.15, 0.2) is 12.1 Å². The summed E-state index contributed by atoms with van der Waals surface area (Å²) in [6, 6.07) is 1.68. The highest BCUT2D eigenvalue weighted by Gasteiger charge is 2.45. The summed E-state index contributed by atoms with van der Waals surface area (Å²) in [5.74, 6) is -3.17. The second-order valence-electron chi connectivity index (χ2n) is 4.10. The molecule has 1 fully saturated rings. The van der Waals surface area contributed by atoms with E-state index in [0.717, 1.165) is 6.07 Å². The van der Waals surface area contributed by atoms with Gasteiger partial charge in [0.25, 0.3) is 0 Å². The maximum atomic E-state index is 13.5. The first-order valence-corrected chi connectivity index (χ1v) is 4.93. The van der Waals surface area contributed by atoms with Crippen molar-refractivity contribution in [2.24, 2.45) is 5.73 Å². The number of carbonyl (C=O) groups is 1. The molecular formula is C11H11F2NO2. The molecule has 1 aliphatic carbocycles. The van der Waals surface area contributed by atoms with Crippen molar-refractivity contribution in [3.8, 4) is 0 Å². The van der Waals surface area contributed by atoms with Crippen LogP contribution in [0.25, 0.3) is 0 Å². The van der Waals surface area contributed by atoms with Gasteiger partial charge in [0.05, 0.1) is 5.56 Å². The van der Waals surface area contributed by atoms with Crippen molar-refractivity contribution in [2.45, 2.75) is 18.3 Å². The molecule has 0 saturated heterocycles. The summed E-state index contributed by atoms with van der Waals surface area (Å²) < 4.78 is 26.7. The summed E-state index contributed by atoms with van der Waals surface area (Å²) in [6.07, 6.45) is 1.43. The average Bonchev–Trinajstić information content (AvgIpc) is 2.98. The van der Waals surface area contributed by atoms with Crippen LogP contribution in [0.2, 0.25) is 0 Å². The predicted octanol–water partition coefficient (Wildman–Crippen LogP) is 1.65. The van der Waals surface area contributed by atoms with E-state index in [4.69, 9.17) is 10.8 Å². The molecule has 0 unspecified atom stereocenters. The van der Waals surface area contributed by atoms with Gasteiger partial charge in [-0.1, -0.05) is 0 Å². The maximum Gasteiger partial charge on any atom is 0.338 e. The van der Waals surface area contributed by atoms with Gasteiger partial charge in [-0.3, -0.25) is 0 Å². The summed E-state index contributed by atoms with van der Waals surface area (Å²) in [5, 5.41) is 8.75. The van der Waals surface area contributed by atoms with Crippen molar-refractivity contribution in [2.75, 3.05) is 6.54 Å². The van der Waals surface area contributed by atoms with E-state index >= 15 is 0 Å². The Hall–Kier alpha value is -1.49. The minimum absolute atomic E-state index is 0.216. The Kier molecular flexibility index (Phi) is 2.42. The molecule has 3 N–H and O–H groups in total. The number of rotatable bonds is 3. The van der Waals surface area contributed by atoms with Gasteiger partial charge in [0.15, 0.2) is 0 Å². The standard InChI is InChI=1S/C11H11F2NO2/c12-8-4-9(13)7(3-6(8)10(15)16)11(5-14)1-2-11/h3-4H,1-2,5,14H2,(H,15,16). The zero-order valence-corrected chi connectivity index (χ0v) is 8.46. The molecule has 1 saturated carbocycles. The van der Waals surface area contributed by atoms with Crippen LogP contribution >= 0.6 is 0 Å². The van der Waals surface area contributed by atoms with Gasteiger partial charge in [0.2, 0.25) is 0 Å². The zero-order valence-electron chi connectivity index (χ0n) is 8.46. The lowest BCUT2D eigenvalue weighted by atomic mass is 9.93. The average molecular weight is 227 g/mol. The molecule has 3 nitrogen and oxygen atoms in total. The van der Waals surface area contributed by atoms with Crippen LogP contribution in [-0.4, -0.2) is 17.6 Å². The van der Waals surface area contributed by atoms with E-state index in [-0.39, 0.29) is 12.1 Å². The van der Waals surface area contributed by atoms with E-state index < -0.39 is 28.6 Å². The SMILES string of the molecule is NCC1(c2cc(C(=O)O)c(F)cc2F)CC1. The van der Waals surface area contributed by atoms with Gasteiger partial charge >= 0.3 is 5.97 Å². The Balaban J connectivity index is 2.54. The third-order valence-electron chi connectivity index (χ3n) is 3.10. The second-order valence-corrected chi connectivity index (χ2v) is 4.10. The van der Waals surface area contributed by atoms with Crippen molar-refractivity contribution in [1.29, 1.82) is 0 Å². The number of hydrogen-bond acceptors (Lipinski definition) is 2. The van der Waals surface area contributed by atoms with Gasteiger partial charge in [-0.2, -0.15) is 0 Å². The molecule has 0 spiro atoms. The fourth-order valence-corrected chi connectivity index (χ4v) is 1.85. The van der Waals surface area contributed by atoms with E-state index in [1.54, 1.807) is 0 Å². The number of carboxylic acids is 1. The molecule has 2 rings (SSSR count). The van der Waals surface area contributed by atoms with Gasteiger partial charge < -0.3 is 10.8 Å². The summed E-state index contributed by atoms with van der Waals surface area (Å²) >= 11 is 0. The number of aromatic carboxylic acids is 1. The Bertz CT molecular complexity index is 456. The number of carboxylic acid groups (broad SMARTS) is 1. The molecule has 5 heteroatoms. The molecule has 16 heavy (non-hydrogen) atoms. The number of benzene rings is 1. The Morgan fingerprint density at radius 1 is 1.38 bits per heavy atom. The normalized spacial score (nSPS) is 17.2. The minimum atomic E-state index is -1.40. The van der Waals surface area contributed by atoms with Gasteiger partial charge in [-0.15, -0.1) is 0 Å². The van der Waals surface area contributed by atoms with E-state index in [1.807, 2.05) is 0 Å². The number of halogens is 2. The smallest absolute Gasteiger partial charge is 0.338 e. The van der Waals surface area contributed by atoms with Crippen molar-refractivity contribution in [1.82, 2.24) is 0 Å². The van der Waals surface area contributed by atoms with E-state index in [0.29, 0.717) is 18.9 Å². The zero-order chi connectivity index (χ0) is 11.9. The summed E-state index contributed by atoms with van der Waals surface area (Å²) in [7, 11) is 0. The van der Waals surface area contributed by atoms with E-state index in [1.165, 1.54) is 0 Å². The maximum absolute atomic E-state index is 13.5. The first-order valence-electron chi connectivity index (χ1n) is 4.93. The van der Waals surface area contributed by atoms with Crippen molar-refractivity contribution < 1.29 is 18.7 Å². The molecule has 0 amide bonds. The fraction of sp³-hybridized carbons (Fsp3) is 0.364. The lowest BCUT2D eigenvalue weighted by Gasteiger charge is -2.14. The van der Waals surface area contributed by atoms with Crippen molar-refractivity contribution in [3.05, 3.63) is 34.9 Å². The molecule has 0 aromatic heterocycles. The highest BCUT2D eigenvalue weighted by Crippen LogP contribution is 2.48. The molecular weight excluding hydrogens is 216 g/mol. The highest BCUT2D eigenvalue weighted by atomic mass is 19.1. The Morgan fingerprint density at radius 3 is 2.44 bits per heavy atom. The van der Waals surface area contributed by atoms with Crippen LogP contribution in [0.5, 0.6) is 0 Å². The van der Waals surface area contributed by atoms with Crippen LogP contribution in [0.4, 0.5) is 8.78 Å². The predicted molar refractivity (Wildman–Crippen MR) is 53.3 cm³/mol. The summed E-state index contributed by atoms with van der Waals surface area (Å²) in [4.78, 5) is 10.7. The van der Waals surface area contributed by atoms with Crippen LogP contribution < -0.4 is 5.73 Å². The van der Waals surface area contributed by atoms with Crippen LogP contribution in [0.1, 0.15) is 28.8 Å². The second kappa shape index (κ2) is 3.52. The van der Waals surface area contributed by atoms with Gasteiger partial charge in [0, 0.05) is 18.0 Å². The minimum Gasteiger partial charge on any atom is -0.478 e. The fourth-order valence-electron chi connectivity index (χ4n) is 1.85. The van der Waals surface area contributed by atoms with E-state index in [2.05, 4.69) is 0 Å². The molecule has 0 radical (unpaired) electrons. The third kappa shape index (κ3) is 1.57. The molecule has 0 aliphatic heterocycles. The number of nitrogens with two attached hydrogens (primary N) is 1. The van der Waals surface area contributed by atoms with Crippen LogP contribution in [-0.2, 0) is 5.41 Å². The molecule has 86 valence electrons.